The van der Waals surface area contributed by atoms with Gasteiger partial charge in [0.1, 0.15) is 0 Å². The van der Waals surface area contributed by atoms with E-state index in [-0.39, 0.29) is 0 Å². The lowest BCUT2D eigenvalue weighted by Crippen LogP contribution is -2.35. The normalized spacial score (nSPS) is 22.4. The molecule has 1 fully saturated rings. The van der Waals surface area contributed by atoms with Gasteiger partial charge in [-0.05, 0) is 56.1 Å². The van der Waals surface area contributed by atoms with Crippen molar-refractivity contribution in [2.45, 2.75) is 45.7 Å². The van der Waals surface area contributed by atoms with Crippen molar-refractivity contribution in [3.63, 3.8) is 0 Å². The lowest BCUT2D eigenvalue weighted by Gasteiger charge is -2.26. The van der Waals surface area contributed by atoms with E-state index in [2.05, 4.69) is 56.0 Å². The molecule has 2 atom stereocenters. The number of benzene rings is 1. The summed E-state index contributed by atoms with van der Waals surface area (Å²) in [6.07, 6.45) is 2.70. The minimum absolute atomic E-state index is 0.470. The maximum atomic E-state index is 3.76. The number of nitrogens with one attached hydrogen (secondary N) is 1. The average molecular weight is 249 g/mol. The molecule has 0 radical (unpaired) electrons. The van der Waals surface area contributed by atoms with Gasteiger partial charge in [-0.2, -0.15) is 11.8 Å². The van der Waals surface area contributed by atoms with Crippen molar-refractivity contribution in [1.82, 2.24) is 5.32 Å². The molecule has 1 N–H and O–H groups in total. The van der Waals surface area contributed by atoms with Gasteiger partial charge in [-0.25, -0.2) is 0 Å². The van der Waals surface area contributed by atoms with Crippen LogP contribution < -0.4 is 5.32 Å². The molecule has 2 rings (SSSR count). The number of hydrogen-bond donors (Lipinski definition) is 1. The molecule has 1 heterocycles. The Morgan fingerprint density at radius 1 is 1.29 bits per heavy atom. The van der Waals surface area contributed by atoms with Gasteiger partial charge >= 0.3 is 0 Å². The van der Waals surface area contributed by atoms with Gasteiger partial charge in [0.15, 0.2) is 0 Å². The smallest absolute Gasteiger partial charge is 0.0294 e. The zero-order valence-corrected chi connectivity index (χ0v) is 11.9. The molecule has 0 spiro atoms. The molecule has 1 aromatic rings. The molecular weight excluding hydrogens is 226 g/mol. The predicted octanol–water partition coefficient (Wildman–Crippen LogP) is 3.85. The van der Waals surface area contributed by atoms with E-state index >= 15 is 0 Å². The fraction of sp³-hybridized carbons (Fsp3) is 0.600. The van der Waals surface area contributed by atoms with Gasteiger partial charge < -0.3 is 5.32 Å². The third kappa shape index (κ3) is 3.49. The Labute approximate surface area is 109 Å². The summed E-state index contributed by atoms with van der Waals surface area (Å²) in [6, 6.07) is 7.99. The summed E-state index contributed by atoms with van der Waals surface area (Å²) >= 11 is 2.08. The second kappa shape index (κ2) is 5.92. The van der Waals surface area contributed by atoms with Gasteiger partial charge in [-0.1, -0.05) is 18.2 Å². The Morgan fingerprint density at radius 3 is 2.76 bits per heavy atom. The first-order valence-corrected chi connectivity index (χ1v) is 7.73. The summed E-state index contributed by atoms with van der Waals surface area (Å²) in [5.74, 6) is 2.62. The average Bonchev–Trinajstić information content (AvgIpc) is 2.34. The first-order chi connectivity index (χ1) is 8.16. The SMILES string of the molecule is Cc1ccc(C(C)NC2CCCSC2)cc1C. The van der Waals surface area contributed by atoms with Crippen LogP contribution in [0.2, 0.25) is 0 Å². The van der Waals surface area contributed by atoms with E-state index in [9.17, 15) is 0 Å². The van der Waals surface area contributed by atoms with E-state index in [0.29, 0.717) is 12.1 Å². The molecule has 1 aliphatic rings. The van der Waals surface area contributed by atoms with Gasteiger partial charge in [0.2, 0.25) is 0 Å². The van der Waals surface area contributed by atoms with Crippen molar-refractivity contribution in [3.05, 3.63) is 34.9 Å². The quantitative estimate of drug-likeness (QED) is 0.873. The second-order valence-corrected chi connectivity index (χ2v) is 6.30. The lowest BCUT2D eigenvalue weighted by molar-refractivity contribution is 0.452. The van der Waals surface area contributed by atoms with Crippen LogP contribution in [0.3, 0.4) is 0 Å². The van der Waals surface area contributed by atoms with Crippen LogP contribution in [0.5, 0.6) is 0 Å². The Kier molecular flexibility index (Phi) is 4.52. The van der Waals surface area contributed by atoms with Gasteiger partial charge in [-0.15, -0.1) is 0 Å². The van der Waals surface area contributed by atoms with Crippen molar-refractivity contribution in [2.75, 3.05) is 11.5 Å². The molecule has 1 saturated heterocycles. The zero-order valence-electron chi connectivity index (χ0n) is 11.1. The van der Waals surface area contributed by atoms with Gasteiger partial charge in [0.25, 0.3) is 0 Å². The van der Waals surface area contributed by atoms with E-state index in [1.165, 1.54) is 41.0 Å². The lowest BCUT2D eigenvalue weighted by atomic mass is 10.0. The molecule has 94 valence electrons. The standard InChI is InChI=1S/C15H23NS/c1-11-6-7-14(9-12(11)2)13(3)16-15-5-4-8-17-10-15/h6-7,9,13,15-16H,4-5,8,10H2,1-3H3. The van der Waals surface area contributed by atoms with Crippen LogP contribution in [-0.4, -0.2) is 17.5 Å². The van der Waals surface area contributed by atoms with Crippen molar-refractivity contribution in [3.8, 4) is 0 Å². The molecule has 0 amide bonds. The molecular formula is C15H23NS. The Balaban J connectivity index is 1.98. The van der Waals surface area contributed by atoms with Gasteiger partial charge in [-0.3, -0.25) is 0 Å². The molecule has 2 heteroatoms. The van der Waals surface area contributed by atoms with Crippen molar-refractivity contribution < 1.29 is 0 Å². The van der Waals surface area contributed by atoms with E-state index in [4.69, 9.17) is 0 Å². The summed E-state index contributed by atoms with van der Waals surface area (Å²) in [7, 11) is 0. The van der Waals surface area contributed by atoms with E-state index in [0.717, 1.165) is 0 Å². The Bertz CT molecular complexity index is 369. The highest BCUT2D eigenvalue weighted by Crippen LogP contribution is 2.22. The highest BCUT2D eigenvalue weighted by molar-refractivity contribution is 7.99. The summed E-state index contributed by atoms with van der Waals surface area (Å²) < 4.78 is 0. The third-order valence-corrected chi connectivity index (χ3v) is 4.89. The summed E-state index contributed by atoms with van der Waals surface area (Å²) in [5.41, 5.74) is 4.20. The first-order valence-electron chi connectivity index (χ1n) is 6.58. The molecule has 17 heavy (non-hydrogen) atoms. The monoisotopic (exact) mass is 249 g/mol. The molecule has 0 aliphatic carbocycles. The maximum Gasteiger partial charge on any atom is 0.0294 e. The van der Waals surface area contributed by atoms with Crippen LogP contribution in [0.15, 0.2) is 18.2 Å². The Hall–Kier alpha value is -0.470. The second-order valence-electron chi connectivity index (χ2n) is 5.15. The molecule has 0 saturated carbocycles. The largest absolute Gasteiger partial charge is 0.307 e. The summed E-state index contributed by atoms with van der Waals surface area (Å²) in [5, 5.41) is 3.76. The van der Waals surface area contributed by atoms with Gasteiger partial charge in [0.05, 0.1) is 0 Å². The molecule has 2 unspecified atom stereocenters. The topological polar surface area (TPSA) is 12.0 Å². The van der Waals surface area contributed by atoms with Crippen molar-refractivity contribution >= 4 is 11.8 Å². The predicted molar refractivity (Wildman–Crippen MR) is 77.8 cm³/mol. The van der Waals surface area contributed by atoms with Crippen LogP contribution in [0.1, 0.15) is 42.5 Å². The highest BCUT2D eigenvalue weighted by atomic mass is 32.2. The minimum Gasteiger partial charge on any atom is -0.307 e. The van der Waals surface area contributed by atoms with Crippen molar-refractivity contribution in [2.24, 2.45) is 0 Å². The van der Waals surface area contributed by atoms with Crippen molar-refractivity contribution in [1.29, 1.82) is 0 Å². The molecule has 1 aromatic carbocycles. The Morgan fingerprint density at radius 2 is 2.12 bits per heavy atom. The number of aryl methyl sites for hydroxylation is 2. The summed E-state index contributed by atoms with van der Waals surface area (Å²) in [6.45, 7) is 6.65. The highest BCUT2D eigenvalue weighted by Gasteiger charge is 2.16. The van der Waals surface area contributed by atoms with Crippen LogP contribution in [0.25, 0.3) is 0 Å². The minimum atomic E-state index is 0.470. The maximum absolute atomic E-state index is 3.76. The zero-order chi connectivity index (χ0) is 12.3. The van der Waals surface area contributed by atoms with E-state index in [1.807, 2.05) is 0 Å². The molecule has 1 nitrogen and oxygen atoms in total. The number of thioether (sulfide) groups is 1. The van der Waals surface area contributed by atoms with E-state index < -0.39 is 0 Å². The van der Waals surface area contributed by atoms with Crippen LogP contribution in [-0.2, 0) is 0 Å². The first kappa shape index (κ1) is 13.0. The number of rotatable bonds is 3. The van der Waals surface area contributed by atoms with Crippen LogP contribution in [0.4, 0.5) is 0 Å². The molecule has 0 aromatic heterocycles. The van der Waals surface area contributed by atoms with E-state index in [1.54, 1.807) is 0 Å². The van der Waals surface area contributed by atoms with Gasteiger partial charge in [0, 0.05) is 17.8 Å². The third-order valence-electron chi connectivity index (χ3n) is 3.68. The van der Waals surface area contributed by atoms with Crippen LogP contribution in [0, 0.1) is 13.8 Å². The van der Waals surface area contributed by atoms with Crippen LogP contribution >= 0.6 is 11.8 Å². The fourth-order valence-corrected chi connectivity index (χ4v) is 3.44. The number of hydrogen-bond acceptors (Lipinski definition) is 2. The molecule has 0 bridgehead atoms. The summed E-state index contributed by atoms with van der Waals surface area (Å²) in [4.78, 5) is 0. The molecule has 1 aliphatic heterocycles. The fourth-order valence-electron chi connectivity index (χ4n) is 2.36.